The second-order valence-electron chi connectivity index (χ2n) is 7.23. The minimum Gasteiger partial charge on any atom is -0.326 e. The minimum absolute atomic E-state index is 0.0183. The highest BCUT2D eigenvalue weighted by Gasteiger charge is 2.46. The fourth-order valence-corrected chi connectivity index (χ4v) is 4.28. The molecule has 1 saturated carbocycles. The third-order valence-corrected chi connectivity index (χ3v) is 5.62. The normalized spacial score (nSPS) is 31.9. The molecule has 0 radical (unpaired) electrons. The van der Waals surface area contributed by atoms with Crippen molar-refractivity contribution < 1.29 is 14.0 Å². The first-order chi connectivity index (χ1) is 12.1. The summed E-state index contributed by atoms with van der Waals surface area (Å²) in [5, 5.41) is 2.78. The number of rotatable bonds is 3. The van der Waals surface area contributed by atoms with Crippen LogP contribution in [0.2, 0.25) is 0 Å². The zero-order valence-corrected chi connectivity index (χ0v) is 14.0. The lowest BCUT2D eigenvalue weighted by atomic mass is 9.84. The van der Waals surface area contributed by atoms with Gasteiger partial charge in [-0.2, -0.15) is 0 Å². The van der Waals surface area contributed by atoms with E-state index in [1.54, 1.807) is 0 Å². The molecule has 2 amide bonds. The number of nitrogens with zero attached hydrogens (tertiary/aromatic N) is 1. The maximum absolute atomic E-state index is 13.0. The average Bonchev–Trinajstić information content (AvgIpc) is 3.20. The van der Waals surface area contributed by atoms with Gasteiger partial charge < -0.3 is 10.2 Å². The first kappa shape index (κ1) is 16.5. The number of fused-ring (bicyclic) bond motifs is 1. The fraction of sp³-hybridized carbons (Fsp3) is 0.556. The van der Waals surface area contributed by atoms with Gasteiger partial charge >= 0.3 is 0 Å². The predicted octanol–water partition coefficient (Wildman–Crippen LogP) is 1.61. The largest absolute Gasteiger partial charge is 0.326 e. The Bertz CT molecular complexity index is 666. The van der Waals surface area contributed by atoms with Gasteiger partial charge in [0.25, 0.3) is 0 Å². The second kappa shape index (κ2) is 6.72. The molecule has 6 nitrogen and oxygen atoms in total. The summed E-state index contributed by atoms with van der Waals surface area (Å²) in [7, 11) is 0. The van der Waals surface area contributed by atoms with Crippen molar-refractivity contribution in [2.45, 2.75) is 44.3 Å². The zero-order chi connectivity index (χ0) is 17.4. The van der Waals surface area contributed by atoms with Crippen molar-refractivity contribution in [3.8, 4) is 0 Å². The lowest BCUT2D eigenvalue weighted by molar-refractivity contribution is -0.131. The predicted molar refractivity (Wildman–Crippen MR) is 90.7 cm³/mol. The Kier molecular flexibility index (Phi) is 4.43. The van der Waals surface area contributed by atoms with Crippen molar-refractivity contribution in [2.24, 2.45) is 11.8 Å². The van der Waals surface area contributed by atoms with Crippen LogP contribution in [0.3, 0.4) is 0 Å². The molecule has 4 unspecified atom stereocenters. The second-order valence-corrected chi connectivity index (χ2v) is 7.23. The van der Waals surface area contributed by atoms with Crippen LogP contribution in [0.5, 0.6) is 0 Å². The topological polar surface area (TPSA) is 73.5 Å². The molecule has 4 rings (SSSR count). The van der Waals surface area contributed by atoms with E-state index in [4.69, 9.17) is 0 Å². The summed E-state index contributed by atoms with van der Waals surface area (Å²) < 4.78 is 13.0. The van der Waals surface area contributed by atoms with E-state index in [0.717, 1.165) is 12.8 Å². The van der Waals surface area contributed by atoms with Crippen LogP contribution in [0.15, 0.2) is 24.3 Å². The molecule has 1 aromatic rings. The maximum Gasteiger partial charge on any atom is 0.229 e. The summed E-state index contributed by atoms with van der Waals surface area (Å²) in [5.74, 6) is -0.473. The number of likely N-dealkylation sites (tertiary alicyclic amines) is 1. The first-order valence-electron chi connectivity index (χ1n) is 8.99. The zero-order valence-electron chi connectivity index (χ0n) is 14.0. The number of hydrogen-bond acceptors (Lipinski definition) is 4. The van der Waals surface area contributed by atoms with Crippen molar-refractivity contribution in [3.05, 3.63) is 30.1 Å². The van der Waals surface area contributed by atoms with Gasteiger partial charge in [0.05, 0.1) is 12.1 Å². The molecule has 3 N–H and O–H groups in total. The van der Waals surface area contributed by atoms with E-state index >= 15 is 0 Å². The number of nitrogens with one attached hydrogen (secondary N) is 3. The van der Waals surface area contributed by atoms with Gasteiger partial charge in [-0.25, -0.2) is 9.82 Å². The number of anilines is 1. The highest BCUT2D eigenvalue weighted by Crippen LogP contribution is 2.34. The van der Waals surface area contributed by atoms with Crippen LogP contribution < -0.4 is 16.2 Å². The van der Waals surface area contributed by atoms with E-state index in [9.17, 15) is 14.0 Å². The van der Waals surface area contributed by atoms with Crippen molar-refractivity contribution >= 4 is 17.5 Å². The summed E-state index contributed by atoms with van der Waals surface area (Å²) in [6, 6.07) is 6.07. The number of amides is 2. The molecule has 1 aliphatic carbocycles. The van der Waals surface area contributed by atoms with Gasteiger partial charge in [-0.05, 0) is 37.1 Å². The van der Waals surface area contributed by atoms with Crippen molar-refractivity contribution in [3.63, 3.8) is 0 Å². The molecule has 3 aliphatic rings. The Morgan fingerprint density at radius 2 is 1.92 bits per heavy atom. The summed E-state index contributed by atoms with van der Waals surface area (Å²) >= 11 is 0. The number of carbonyl (C=O) groups excluding carboxylic acids is 2. The van der Waals surface area contributed by atoms with E-state index in [0.29, 0.717) is 24.2 Å². The Morgan fingerprint density at radius 1 is 1.16 bits per heavy atom. The standard InChI is InChI=1S/C18H23FN4O2/c19-12-5-7-13(8-6-12)20-18(25)11-9-16(24)23(10-11)17-14-3-1-2-4-15(14)21-22-17/h5-8,11,14-15,17,21-22H,1-4,9-10H2,(H,20,25). The van der Waals surface area contributed by atoms with Gasteiger partial charge in [-0.1, -0.05) is 12.8 Å². The molecule has 2 saturated heterocycles. The van der Waals surface area contributed by atoms with Crippen molar-refractivity contribution in [2.75, 3.05) is 11.9 Å². The summed E-state index contributed by atoms with van der Waals surface area (Å²) in [5.41, 5.74) is 7.13. The molecule has 0 bridgehead atoms. The van der Waals surface area contributed by atoms with Crippen LogP contribution in [-0.4, -0.2) is 35.5 Å². The molecule has 2 heterocycles. The summed E-state index contributed by atoms with van der Waals surface area (Å²) in [4.78, 5) is 26.8. The van der Waals surface area contributed by atoms with Crippen LogP contribution >= 0.6 is 0 Å². The van der Waals surface area contributed by atoms with Crippen LogP contribution in [-0.2, 0) is 9.59 Å². The van der Waals surface area contributed by atoms with E-state index in [2.05, 4.69) is 16.2 Å². The fourth-order valence-electron chi connectivity index (χ4n) is 4.28. The molecular formula is C18H23FN4O2. The van der Waals surface area contributed by atoms with E-state index in [-0.39, 0.29) is 36.1 Å². The number of hydrazine groups is 1. The number of hydrogen-bond donors (Lipinski definition) is 3. The van der Waals surface area contributed by atoms with Gasteiger partial charge in [0.15, 0.2) is 0 Å². The van der Waals surface area contributed by atoms with E-state index in [1.165, 1.54) is 37.1 Å². The van der Waals surface area contributed by atoms with Crippen LogP contribution in [0.1, 0.15) is 32.1 Å². The summed E-state index contributed by atoms with van der Waals surface area (Å²) in [6.45, 7) is 0.425. The van der Waals surface area contributed by atoms with E-state index in [1.807, 2.05) is 4.90 Å². The molecule has 0 aromatic heterocycles. The third kappa shape index (κ3) is 3.26. The molecule has 4 atom stereocenters. The quantitative estimate of drug-likeness (QED) is 0.777. The Labute approximate surface area is 146 Å². The van der Waals surface area contributed by atoms with E-state index < -0.39 is 0 Å². The molecule has 25 heavy (non-hydrogen) atoms. The molecule has 7 heteroatoms. The van der Waals surface area contributed by atoms with Crippen molar-refractivity contribution in [1.82, 2.24) is 15.8 Å². The Hall–Kier alpha value is -1.99. The number of benzene rings is 1. The monoisotopic (exact) mass is 346 g/mol. The Morgan fingerprint density at radius 3 is 2.72 bits per heavy atom. The molecule has 0 spiro atoms. The highest BCUT2D eigenvalue weighted by atomic mass is 19.1. The lowest BCUT2D eigenvalue weighted by Crippen LogP contribution is -2.48. The van der Waals surface area contributed by atoms with Crippen LogP contribution in [0.25, 0.3) is 0 Å². The molecular weight excluding hydrogens is 323 g/mol. The van der Waals surface area contributed by atoms with Gasteiger partial charge in [0.2, 0.25) is 11.8 Å². The average molecular weight is 346 g/mol. The van der Waals surface area contributed by atoms with Gasteiger partial charge in [0.1, 0.15) is 5.82 Å². The molecule has 134 valence electrons. The van der Waals surface area contributed by atoms with Gasteiger partial charge in [-0.3, -0.25) is 15.0 Å². The smallest absolute Gasteiger partial charge is 0.229 e. The van der Waals surface area contributed by atoms with Crippen LogP contribution in [0, 0.1) is 17.7 Å². The SMILES string of the molecule is O=C(Nc1ccc(F)cc1)C1CC(=O)N(C2NNC3CCCCC32)C1. The number of carbonyl (C=O) groups is 2. The minimum atomic E-state index is -0.373. The molecule has 3 fully saturated rings. The van der Waals surface area contributed by atoms with Crippen molar-refractivity contribution in [1.29, 1.82) is 0 Å². The molecule has 1 aromatic carbocycles. The Balaban J connectivity index is 1.40. The first-order valence-corrected chi connectivity index (χ1v) is 8.99. The summed E-state index contributed by atoms with van der Waals surface area (Å²) in [6.07, 6.45) is 4.84. The highest BCUT2D eigenvalue weighted by molar-refractivity contribution is 5.97. The third-order valence-electron chi connectivity index (χ3n) is 5.62. The lowest BCUT2D eigenvalue weighted by Gasteiger charge is -2.32. The van der Waals surface area contributed by atoms with Crippen LogP contribution in [0.4, 0.5) is 10.1 Å². The van der Waals surface area contributed by atoms with Gasteiger partial charge in [0, 0.05) is 30.6 Å². The van der Waals surface area contributed by atoms with Gasteiger partial charge in [-0.15, -0.1) is 0 Å². The molecule has 2 aliphatic heterocycles. The maximum atomic E-state index is 13.0. The number of halogens is 1.